The van der Waals surface area contributed by atoms with Crippen LogP contribution in [0, 0.1) is 6.57 Å². The zero-order chi connectivity index (χ0) is 25.4. The largest absolute Gasteiger partial charge is 0.478 e. The van der Waals surface area contributed by atoms with Gasteiger partial charge in [0.15, 0.2) is 0 Å². The number of rotatable bonds is 5. The lowest BCUT2D eigenvalue weighted by Crippen LogP contribution is -2.46. The molecule has 2 aromatic carbocycles. The molecule has 0 bridgehead atoms. The van der Waals surface area contributed by atoms with Crippen LogP contribution in [0.4, 0.5) is 17.1 Å². The number of anilines is 2. The lowest BCUT2D eigenvalue weighted by molar-refractivity contribution is -0.121. The highest BCUT2D eigenvalue weighted by atomic mass is 16.4. The predicted molar refractivity (Wildman–Crippen MR) is 127 cm³/mol. The zero-order valence-corrected chi connectivity index (χ0v) is 18.9. The molecule has 0 spiro atoms. The number of carboxylic acid groups (broad SMARTS) is 2. The Labute approximate surface area is 200 Å². The fourth-order valence-electron chi connectivity index (χ4n) is 4.21. The summed E-state index contributed by atoms with van der Waals surface area (Å²) in [7, 11) is 0. The van der Waals surface area contributed by atoms with E-state index < -0.39 is 34.9 Å². The molecular formula is C25H20N4O6. The summed E-state index contributed by atoms with van der Waals surface area (Å²) in [5, 5.41) is 18.8. The molecule has 0 fully saturated rings. The Balaban J connectivity index is 1.85. The molecule has 10 heteroatoms. The Kier molecular flexibility index (Phi) is 5.93. The van der Waals surface area contributed by atoms with Gasteiger partial charge in [0.25, 0.3) is 17.5 Å². The first kappa shape index (κ1) is 23.4. The molecule has 176 valence electrons. The van der Waals surface area contributed by atoms with E-state index in [2.05, 4.69) is 21.7 Å². The van der Waals surface area contributed by atoms with Gasteiger partial charge in [-0.3, -0.25) is 14.5 Å². The molecule has 0 saturated heterocycles. The van der Waals surface area contributed by atoms with Gasteiger partial charge in [-0.15, -0.1) is 0 Å². The summed E-state index contributed by atoms with van der Waals surface area (Å²) < 4.78 is 0. The van der Waals surface area contributed by atoms with E-state index in [0.29, 0.717) is 10.6 Å². The SMILES string of the molecule is [C-]#[N+]C1=C(C)C(=Nc2ccc3c(c2)CCN3CC)C(=O)N(c2cc(C(=O)O)cc(C(=O)O)c2)C1=O. The van der Waals surface area contributed by atoms with Crippen molar-refractivity contribution in [2.75, 3.05) is 22.9 Å². The summed E-state index contributed by atoms with van der Waals surface area (Å²) in [6.07, 6.45) is 0.822. The van der Waals surface area contributed by atoms with E-state index in [4.69, 9.17) is 6.57 Å². The van der Waals surface area contributed by atoms with Crippen molar-refractivity contribution in [3.8, 4) is 0 Å². The third-order valence-electron chi connectivity index (χ3n) is 5.98. The standard InChI is InChI=1S/C25H20N4O6/c1-4-28-8-7-14-10-17(5-6-19(14)28)27-21-13(2)20(26-3)22(30)29(23(21)31)18-11-15(24(32)33)9-16(12-18)25(34)35/h5-6,9-12H,4,7-8H2,1-2H3,(H,32,33)(H,34,35). The molecule has 10 nitrogen and oxygen atoms in total. The number of hydrogen-bond donors (Lipinski definition) is 2. The third-order valence-corrected chi connectivity index (χ3v) is 5.98. The number of amides is 2. The molecule has 0 saturated carbocycles. The van der Waals surface area contributed by atoms with Gasteiger partial charge in [-0.1, -0.05) is 0 Å². The highest BCUT2D eigenvalue weighted by Gasteiger charge is 2.38. The van der Waals surface area contributed by atoms with Crippen LogP contribution in [0.1, 0.15) is 40.1 Å². The fraction of sp³-hybridized carbons (Fsp3) is 0.200. The molecule has 2 aromatic rings. The predicted octanol–water partition coefficient (Wildman–Crippen LogP) is 3.30. The summed E-state index contributed by atoms with van der Waals surface area (Å²) in [6, 6.07) is 8.45. The van der Waals surface area contributed by atoms with E-state index in [1.807, 2.05) is 12.1 Å². The lowest BCUT2D eigenvalue weighted by Gasteiger charge is -2.27. The summed E-state index contributed by atoms with van der Waals surface area (Å²) in [5.41, 5.74) is 1.08. The molecule has 0 aromatic heterocycles. The van der Waals surface area contributed by atoms with Crippen LogP contribution in [0.15, 0.2) is 52.7 Å². The molecule has 2 aliphatic rings. The van der Waals surface area contributed by atoms with Gasteiger partial charge >= 0.3 is 11.9 Å². The van der Waals surface area contributed by atoms with Crippen LogP contribution in [0.25, 0.3) is 4.85 Å². The van der Waals surface area contributed by atoms with Crippen LogP contribution >= 0.6 is 0 Å². The number of imide groups is 1. The maximum Gasteiger partial charge on any atom is 0.335 e. The van der Waals surface area contributed by atoms with Crippen molar-refractivity contribution in [1.82, 2.24) is 0 Å². The summed E-state index contributed by atoms with van der Waals surface area (Å²) in [4.78, 5) is 60.1. The molecule has 2 N–H and O–H groups in total. The first-order valence-electron chi connectivity index (χ1n) is 10.7. The molecule has 0 radical (unpaired) electrons. The number of nitrogens with zero attached hydrogens (tertiary/aromatic N) is 4. The second-order valence-corrected chi connectivity index (χ2v) is 8.01. The van der Waals surface area contributed by atoms with Crippen LogP contribution in [0.2, 0.25) is 0 Å². The van der Waals surface area contributed by atoms with Gasteiger partial charge in [-0.25, -0.2) is 19.4 Å². The van der Waals surface area contributed by atoms with Crippen molar-refractivity contribution in [3.63, 3.8) is 0 Å². The molecule has 2 amide bonds. The molecule has 0 unspecified atom stereocenters. The Hall–Kier alpha value is -4.78. The van der Waals surface area contributed by atoms with E-state index in [9.17, 15) is 29.4 Å². The topological polar surface area (TPSA) is 132 Å². The van der Waals surface area contributed by atoms with Gasteiger partial charge in [0.05, 0.1) is 29.1 Å². The van der Waals surface area contributed by atoms with Crippen molar-refractivity contribution >= 4 is 46.5 Å². The van der Waals surface area contributed by atoms with E-state index >= 15 is 0 Å². The number of benzene rings is 2. The molecule has 4 rings (SSSR count). The highest BCUT2D eigenvalue weighted by molar-refractivity contribution is 6.57. The number of carbonyl (C=O) groups is 4. The van der Waals surface area contributed by atoms with E-state index in [1.165, 1.54) is 6.92 Å². The Morgan fingerprint density at radius 2 is 1.71 bits per heavy atom. The van der Waals surface area contributed by atoms with Crippen molar-refractivity contribution < 1.29 is 29.4 Å². The van der Waals surface area contributed by atoms with Gasteiger partial charge in [-0.05, 0) is 67.8 Å². The number of hydrogen-bond acceptors (Lipinski definition) is 6. The van der Waals surface area contributed by atoms with Gasteiger partial charge < -0.3 is 15.1 Å². The molecule has 0 atom stereocenters. The lowest BCUT2D eigenvalue weighted by atomic mass is 10.0. The van der Waals surface area contributed by atoms with Gasteiger partial charge in [0.1, 0.15) is 5.71 Å². The number of likely N-dealkylation sites (N-methyl/N-ethyl adjacent to an activating group) is 1. The smallest absolute Gasteiger partial charge is 0.335 e. The molecular weight excluding hydrogens is 452 g/mol. The quantitative estimate of drug-likeness (QED) is 0.504. The minimum Gasteiger partial charge on any atom is -0.478 e. The number of aromatic carboxylic acids is 2. The first-order valence-corrected chi connectivity index (χ1v) is 10.7. The van der Waals surface area contributed by atoms with Crippen molar-refractivity contribution in [2.24, 2.45) is 4.99 Å². The van der Waals surface area contributed by atoms with Crippen LogP contribution in [-0.2, 0) is 16.0 Å². The molecule has 2 aliphatic heterocycles. The monoisotopic (exact) mass is 472 g/mol. The second kappa shape index (κ2) is 8.87. The number of aliphatic imine (C=N–C) groups is 1. The maximum atomic E-state index is 13.4. The van der Waals surface area contributed by atoms with Crippen molar-refractivity contribution in [1.29, 1.82) is 0 Å². The summed E-state index contributed by atoms with van der Waals surface area (Å²) >= 11 is 0. The van der Waals surface area contributed by atoms with Gasteiger partial charge in [-0.2, -0.15) is 0 Å². The third kappa shape index (κ3) is 4.04. The first-order chi connectivity index (χ1) is 16.7. The van der Waals surface area contributed by atoms with E-state index in [-0.39, 0.29) is 22.7 Å². The maximum absolute atomic E-state index is 13.4. The second-order valence-electron chi connectivity index (χ2n) is 8.01. The van der Waals surface area contributed by atoms with E-state index in [0.717, 1.165) is 49.0 Å². The van der Waals surface area contributed by atoms with Crippen molar-refractivity contribution in [3.05, 3.63) is 75.8 Å². The number of carboxylic acids is 2. The van der Waals surface area contributed by atoms with Crippen LogP contribution < -0.4 is 9.80 Å². The highest BCUT2D eigenvalue weighted by Crippen LogP contribution is 2.33. The molecule has 0 aliphatic carbocycles. The van der Waals surface area contributed by atoms with Crippen LogP contribution in [0.5, 0.6) is 0 Å². The molecule has 35 heavy (non-hydrogen) atoms. The summed E-state index contributed by atoms with van der Waals surface area (Å²) in [6.45, 7) is 12.7. The Morgan fingerprint density at radius 3 is 2.29 bits per heavy atom. The Morgan fingerprint density at radius 1 is 1.06 bits per heavy atom. The fourth-order valence-corrected chi connectivity index (χ4v) is 4.21. The van der Waals surface area contributed by atoms with Crippen LogP contribution in [-0.4, -0.2) is 52.8 Å². The average Bonchev–Trinajstić information content (AvgIpc) is 3.24. The number of fused-ring (bicyclic) bond motifs is 1. The minimum atomic E-state index is -1.43. The average molecular weight is 472 g/mol. The van der Waals surface area contributed by atoms with E-state index in [1.54, 1.807) is 6.07 Å². The number of carbonyl (C=O) groups excluding carboxylic acids is 2. The minimum absolute atomic E-state index is 0.0924. The van der Waals surface area contributed by atoms with Crippen molar-refractivity contribution in [2.45, 2.75) is 20.3 Å². The normalized spacial score (nSPS) is 16.5. The molecule has 2 heterocycles. The summed E-state index contributed by atoms with van der Waals surface area (Å²) in [5.74, 6) is -4.73. The Bertz CT molecular complexity index is 1380. The van der Waals surface area contributed by atoms with Gasteiger partial charge in [0.2, 0.25) is 0 Å². The van der Waals surface area contributed by atoms with Gasteiger partial charge in [0, 0.05) is 18.8 Å². The zero-order valence-electron chi connectivity index (χ0n) is 18.9. The van der Waals surface area contributed by atoms with Crippen LogP contribution in [0.3, 0.4) is 0 Å².